The van der Waals surface area contributed by atoms with Crippen LogP contribution in [0.2, 0.25) is 0 Å². The van der Waals surface area contributed by atoms with Gasteiger partial charge in [0.15, 0.2) is 5.82 Å². The van der Waals surface area contributed by atoms with Crippen molar-refractivity contribution in [2.45, 2.75) is 82.2 Å². The molecule has 9 rings (SSSR count). The summed E-state index contributed by atoms with van der Waals surface area (Å²) in [4.78, 5) is 64.0. The number of likely N-dealkylation sites (tertiary alicyclic amines) is 1. The molecule has 3 aromatic heterocycles. The summed E-state index contributed by atoms with van der Waals surface area (Å²) in [6.07, 6.45) is 11.2. The molecule has 5 aromatic rings. The van der Waals surface area contributed by atoms with Gasteiger partial charge in [-0.15, -0.1) is 0 Å². The van der Waals surface area contributed by atoms with E-state index < -0.39 is 11.7 Å². The number of amides is 3. The van der Waals surface area contributed by atoms with Crippen molar-refractivity contribution in [1.82, 2.24) is 39.8 Å². The molecule has 3 saturated heterocycles. The van der Waals surface area contributed by atoms with Crippen LogP contribution in [0.4, 0.5) is 16.0 Å². The number of carbonyl (C=O) groups is 3. The van der Waals surface area contributed by atoms with Crippen LogP contribution < -0.4 is 26.4 Å². The van der Waals surface area contributed by atoms with Crippen molar-refractivity contribution < 1.29 is 18.8 Å². The third-order valence-corrected chi connectivity index (χ3v) is 13.3. The molecule has 1 unspecified atom stereocenters. The summed E-state index contributed by atoms with van der Waals surface area (Å²) in [5, 5.41) is 14.8. The Morgan fingerprint density at radius 1 is 0.902 bits per heavy atom. The molecule has 4 aliphatic rings. The highest BCUT2D eigenvalue weighted by Crippen LogP contribution is 2.34. The van der Waals surface area contributed by atoms with Crippen LogP contribution in [0.3, 0.4) is 0 Å². The molecule has 4 fully saturated rings. The zero-order chi connectivity index (χ0) is 42.0. The number of hydrogen-bond acceptors (Lipinski definition) is 10. The average molecular weight is 829 g/mol. The Morgan fingerprint density at radius 2 is 1.74 bits per heavy atom. The highest BCUT2D eigenvalue weighted by molar-refractivity contribution is 6.02. The zero-order valence-corrected chi connectivity index (χ0v) is 34.6. The molecule has 3 N–H and O–H groups in total. The predicted octanol–water partition coefficient (Wildman–Crippen LogP) is 5.31. The topological polar surface area (TPSA) is 159 Å². The number of hydrogen-bond donors (Lipinski definition) is 3. The quantitative estimate of drug-likeness (QED) is 0.158. The number of anilines is 2. The van der Waals surface area contributed by atoms with Crippen molar-refractivity contribution in [3.8, 4) is 16.9 Å². The molecule has 15 heteroatoms. The van der Waals surface area contributed by atoms with E-state index in [-0.39, 0.29) is 40.9 Å². The molecular formula is C46H53FN10O4. The Morgan fingerprint density at radius 3 is 2.54 bits per heavy atom. The number of piperidine rings is 3. The number of halogens is 1. The van der Waals surface area contributed by atoms with Crippen LogP contribution in [0.5, 0.6) is 0 Å². The van der Waals surface area contributed by atoms with Crippen LogP contribution >= 0.6 is 0 Å². The van der Waals surface area contributed by atoms with Gasteiger partial charge in [-0.1, -0.05) is 24.6 Å². The van der Waals surface area contributed by atoms with Gasteiger partial charge < -0.3 is 20.4 Å². The van der Waals surface area contributed by atoms with Gasteiger partial charge in [-0.3, -0.25) is 33.7 Å². The minimum absolute atomic E-state index is 0.0115. The van der Waals surface area contributed by atoms with Gasteiger partial charge in [0, 0.05) is 85.7 Å². The Balaban J connectivity index is 0.727. The van der Waals surface area contributed by atoms with Gasteiger partial charge in [-0.05, 0) is 107 Å². The molecule has 0 spiro atoms. The van der Waals surface area contributed by atoms with E-state index >= 15 is 4.39 Å². The first-order chi connectivity index (χ1) is 29.7. The molecule has 3 aliphatic heterocycles. The summed E-state index contributed by atoms with van der Waals surface area (Å²) in [5.41, 5.74) is 4.01. The van der Waals surface area contributed by atoms with E-state index in [2.05, 4.69) is 53.9 Å². The minimum atomic E-state index is -0.555. The van der Waals surface area contributed by atoms with Gasteiger partial charge in [0.25, 0.3) is 5.56 Å². The third kappa shape index (κ3) is 8.79. The van der Waals surface area contributed by atoms with Crippen LogP contribution in [0.1, 0.15) is 75.8 Å². The maximum Gasteiger partial charge on any atom is 0.255 e. The number of aromatic nitrogens is 5. The van der Waals surface area contributed by atoms with Crippen molar-refractivity contribution in [2.75, 3.05) is 42.9 Å². The molecule has 0 bridgehead atoms. The Labute approximate surface area is 353 Å². The standard InChI is InChI=1S/C46H53FN10O4/c1-54-39-26-34(11-12-36(39)43(53-54)37-13-14-40(58)51-45(37)61)56-22-17-33(18-23-56)55-20-15-29(16-21-55)27-48-44(60)31-7-4-8-32(24-31)50-46-49-28-38(47)42(52-46)30-6-5-9-35(25-30)57-19-3-2-10-41(57)59/h2-3,5-6,9-12,19,25-26,28-29,31-33,37H,4,7-8,13-18,20-24,27H2,1H3,(H,48,60)(H,49,50,52)(H,51,58,61)/t31-,32+,37?/m0/s1. The Kier molecular flexibility index (Phi) is 11.6. The smallest absolute Gasteiger partial charge is 0.255 e. The van der Waals surface area contributed by atoms with E-state index in [1.807, 2.05) is 11.7 Å². The lowest BCUT2D eigenvalue weighted by Crippen LogP contribution is -2.49. The number of aryl methyl sites for hydroxylation is 1. The first-order valence-electron chi connectivity index (χ1n) is 21.8. The fourth-order valence-electron chi connectivity index (χ4n) is 9.91. The maximum atomic E-state index is 15.1. The lowest BCUT2D eigenvalue weighted by atomic mass is 9.85. The fraction of sp³-hybridized carbons (Fsp3) is 0.457. The first-order valence-corrected chi connectivity index (χ1v) is 21.8. The number of fused-ring (bicyclic) bond motifs is 1. The van der Waals surface area contributed by atoms with Crippen molar-refractivity contribution in [3.63, 3.8) is 0 Å². The zero-order valence-electron chi connectivity index (χ0n) is 34.6. The number of benzene rings is 2. The van der Waals surface area contributed by atoms with E-state index in [0.29, 0.717) is 55.0 Å². The van der Waals surface area contributed by atoms with Crippen LogP contribution in [-0.2, 0) is 21.4 Å². The molecule has 3 amide bonds. The lowest BCUT2D eigenvalue weighted by molar-refractivity contribution is -0.134. The second-order valence-corrected chi connectivity index (χ2v) is 17.2. The third-order valence-electron chi connectivity index (χ3n) is 13.3. The summed E-state index contributed by atoms with van der Waals surface area (Å²) in [6, 6.07) is 18.9. The average Bonchev–Trinajstić information content (AvgIpc) is 3.61. The van der Waals surface area contributed by atoms with Crippen LogP contribution in [0.15, 0.2) is 77.9 Å². The summed E-state index contributed by atoms with van der Waals surface area (Å²) in [7, 11) is 1.91. The molecule has 1 saturated carbocycles. The van der Waals surface area contributed by atoms with Gasteiger partial charge >= 0.3 is 0 Å². The second kappa shape index (κ2) is 17.6. The van der Waals surface area contributed by atoms with Crippen LogP contribution in [0, 0.1) is 17.7 Å². The highest BCUT2D eigenvalue weighted by atomic mass is 19.1. The van der Waals surface area contributed by atoms with Gasteiger partial charge in [-0.25, -0.2) is 14.4 Å². The number of imide groups is 1. The lowest BCUT2D eigenvalue weighted by Gasteiger charge is -2.42. The van der Waals surface area contributed by atoms with Gasteiger partial charge in [0.1, 0.15) is 5.69 Å². The second-order valence-electron chi connectivity index (χ2n) is 17.2. The van der Waals surface area contributed by atoms with Gasteiger partial charge in [-0.2, -0.15) is 5.10 Å². The van der Waals surface area contributed by atoms with E-state index in [0.717, 1.165) is 93.4 Å². The normalized spacial score (nSPS) is 22.0. The molecule has 1 aliphatic carbocycles. The number of nitrogens with one attached hydrogen (secondary N) is 3. The largest absolute Gasteiger partial charge is 0.371 e. The van der Waals surface area contributed by atoms with Gasteiger partial charge in [0.05, 0.1) is 23.3 Å². The Hall–Kier alpha value is -5.96. The molecule has 6 heterocycles. The van der Waals surface area contributed by atoms with E-state index in [9.17, 15) is 19.2 Å². The Bertz CT molecular complexity index is 2490. The molecule has 318 valence electrons. The highest BCUT2D eigenvalue weighted by Gasteiger charge is 2.33. The minimum Gasteiger partial charge on any atom is -0.371 e. The molecular weight excluding hydrogens is 776 g/mol. The van der Waals surface area contributed by atoms with Crippen LogP contribution in [-0.4, -0.2) is 91.7 Å². The fourth-order valence-corrected chi connectivity index (χ4v) is 9.91. The number of pyridine rings is 1. The number of nitrogens with zero attached hydrogens (tertiary/aromatic N) is 7. The molecule has 0 radical (unpaired) electrons. The van der Waals surface area contributed by atoms with E-state index in [1.54, 1.807) is 42.6 Å². The summed E-state index contributed by atoms with van der Waals surface area (Å²) >= 11 is 0. The van der Waals surface area contributed by atoms with E-state index in [1.165, 1.54) is 16.8 Å². The SMILES string of the molecule is Cn1nc(C2CCC(=O)NC2=O)c2ccc(N3CCC(N4CCC(CNC(=O)[C@H]5CCC[C@@H](Nc6ncc(F)c(-c7cccc(-n8ccccc8=O)c7)n6)C5)CC4)CC3)cc21. The van der Waals surface area contributed by atoms with Crippen LogP contribution in [0.25, 0.3) is 27.8 Å². The van der Waals surface area contributed by atoms with Crippen molar-refractivity contribution in [3.05, 3.63) is 94.9 Å². The van der Waals surface area contributed by atoms with Gasteiger partial charge in [0.2, 0.25) is 23.7 Å². The summed E-state index contributed by atoms with van der Waals surface area (Å²) in [5.74, 6) is -0.683. The first kappa shape index (κ1) is 40.4. The molecule has 2 aromatic carbocycles. The summed E-state index contributed by atoms with van der Waals surface area (Å²) < 4.78 is 18.4. The molecule has 14 nitrogen and oxygen atoms in total. The number of carbonyl (C=O) groups excluding carboxylic acids is 3. The maximum absolute atomic E-state index is 15.1. The predicted molar refractivity (Wildman–Crippen MR) is 231 cm³/mol. The molecule has 61 heavy (non-hydrogen) atoms. The van der Waals surface area contributed by atoms with Crippen molar-refractivity contribution in [1.29, 1.82) is 0 Å². The van der Waals surface area contributed by atoms with Crippen molar-refractivity contribution >= 4 is 40.3 Å². The van der Waals surface area contributed by atoms with E-state index in [4.69, 9.17) is 5.10 Å². The monoisotopic (exact) mass is 828 g/mol. The van der Waals surface area contributed by atoms with Crippen molar-refractivity contribution in [2.24, 2.45) is 18.9 Å². The summed E-state index contributed by atoms with van der Waals surface area (Å²) in [6.45, 7) is 4.72. The number of rotatable bonds is 10. The molecule has 3 atom stereocenters.